The summed E-state index contributed by atoms with van der Waals surface area (Å²) in [7, 11) is 0. The van der Waals surface area contributed by atoms with Gasteiger partial charge in [0.25, 0.3) is 5.91 Å². The molecule has 0 aliphatic rings. The van der Waals surface area contributed by atoms with Crippen LogP contribution in [0.3, 0.4) is 0 Å². The van der Waals surface area contributed by atoms with Gasteiger partial charge in [-0.15, -0.1) is 5.34 Å². The molecule has 12 nitrogen and oxygen atoms in total. The molecule has 1 aromatic carbocycles. The molecule has 0 heterocycles. The maximum atomic E-state index is 11.8. The normalized spacial score (nSPS) is 13.3. The van der Waals surface area contributed by atoms with Gasteiger partial charge in [0.1, 0.15) is 6.04 Å². The molecule has 2 unspecified atom stereocenters. The zero-order valence-corrected chi connectivity index (χ0v) is 14.3. The van der Waals surface area contributed by atoms with E-state index in [0.29, 0.717) is 5.56 Å². The van der Waals surface area contributed by atoms with Gasteiger partial charge in [0.05, 0.1) is 6.54 Å². The molecule has 1 aromatic rings. The van der Waals surface area contributed by atoms with E-state index < -0.39 is 29.2 Å². The molecule has 2 atom stereocenters. The van der Waals surface area contributed by atoms with Gasteiger partial charge in [-0.2, -0.15) is 10.6 Å². The summed E-state index contributed by atoms with van der Waals surface area (Å²) in [5, 5.41) is 31.3. The van der Waals surface area contributed by atoms with Crippen LogP contribution in [0.15, 0.2) is 35.3 Å². The fourth-order valence-electron chi connectivity index (χ4n) is 2.00. The van der Waals surface area contributed by atoms with E-state index in [-0.39, 0.29) is 31.9 Å². The predicted molar refractivity (Wildman–Crippen MR) is 93.3 cm³/mol. The van der Waals surface area contributed by atoms with Gasteiger partial charge >= 0.3 is 5.97 Å². The minimum absolute atomic E-state index is 0.0531. The Balaban J connectivity index is 2.39. The molecule has 0 aliphatic heterocycles. The van der Waals surface area contributed by atoms with Crippen LogP contribution in [0.2, 0.25) is 0 Å². The minimum atomic E-state index is -1.36. The van der Waals surface area contributed by atoms with Crippen LogP contribution in [-0.4, -0.2) is 53.2 Å². The summed E-state index contributed by atoms with van der Waals surface area (Å²) in [6.07, 6.45) is 0.299. The third kappa shape index (κ3) is 9.15. The number of nitrogens with two attached hydrogens (primary N) is 1. The van der Waals surface area contributed by atoms with Crippen molar-refractivity contribution in [2.75, 3.05) is 13.1 Å². The fraction of sp³-hybridized carbons (Fsp3) is 0.333. The van der Waals surface area contributed by atoms with Gasteiger partial charge in [0.2, 0.25) is 11.9 Å². The maximum Gasteiger partial charge on any atom is 0.326 e. The van der Waals surface area contributed by atoms with Crippen molar-refractivity contribution in [1.29, 1.82) is 0 Å². The van der Waals surface area contributed by atoms with Crippen molar-refractivity contribution < 1.29 is 30.0 Å². The van der Waals surface area contributed by atoms with Crippen molar-refractivity contribution in [3.63, 3.8) is 0 Å². The molecule has 0 bridgehead atoms. The smallest absolute Gasteiger partial charge is 0.326 e. The number of carbonyl (C=O) groups is 3. The first-order valence-electron chi connectivity index (χ1n) is 7.95. The van der Waals surface area contributed by atoms with Crippen LogP contribution in [-0.2, 0) is 9.59 Å². The molecule has 148 valence electrons. The largest absolute Gasteiger partial charge is 0.574 e. The van der Waals surface area contributed by atoms with E-state index in [1.807, 2.05) is 5.43 Å². The molecule has 1 rings (SSSR count). The average molecular weight is 382 g/mol. The van der Waals surface area contributed by atoms with Crippen LogP contribution >= 0.6 is 0 Å². The molecule has 27 heavy (non-hydrogen) atoms. The van der Waals surface area contributed by atoms with E-state index in [4.69, 9.17) is 16.0 Å². The van der Waals surface area contributed by atoms with Gasteiger partial charge in [-0.05, 0) is 25.0 Å². The number of benzene rings is 1. The number of rotatable bonds is 10. The number of carboxylic acid groups (broad SMARTS) is 1. The number of hydrogen-bond donors (Lipinski definition) is 7. The first-order valence-corrected chi connectivity index (χ1v) is 7.95. The lowest BCUT2D eigenvalue weighted by atomic mass is 10.1. The Morgan fingerprint density at radius 3 is 2.52 bits per heavy atom. The summed E-state index contributed by atoms with van der Waals surface area (Å²) >= 11 is 0. The number of hydrogen-bond acceptors (Lipinski definition) is 6. The molecule has 8 N–H and O–H groups in total. The number of aliphatic imine (C=N–C) groups is 1. The van der Waals surface area contributed by atoms with Crippen molar-refractivity contribution in [3.8, 4) is 0 Å². The van der Waals surface area contributed by atoms with Crippen molar-refractivity contribution in [1.82, 2.24) is 16.1 Å². The van der Waals surface area contributed by atoms with Crippen molar-refractivity contribution in [2.24, 2.45) is 10.7 Å². The summed E-state index contributed by atoms with van der Waals surface area (Å²) in [5.41, 5.74) is 7.50. The second-order valence-corrected chi connectivity index (χ2v) is 5.35. The number of carboxylic acids is 1. The van der Waals surface area contributed by atoms with Crippen molar-refractivity contribution in [3.05, 3.63) is 41.1 Å². The molecule has 0 aromatic heterocycles. The molecule has 0 fully saturated rings. The van der Waals surface area contributed by atoms with Gasteiger partial charge in [0.15, 0.2) is 0 Å². The van der Waals surface area contributed by atoms with E-state index in [9.17, 15) is 19.6 Å². The second-order valence-electron chi connectivity index (χ2n) is 5.35. The van der Waals surface area contributed by atoms with Gasteiger partial charge in [-0.1, -0.05) is 18.2 Å². The molecule has 0 saturated heterocycles. The second kappa shape index (κ2) is 11.4. The average Bonchev–Trinajstić information content (AvgIpc) is 2.62. The van der Waals surface area contributed by atoms with E-state index in [2.05, 4.69) is 15.6 Å². The molecule has 0 saturated carbocycles. The fourth-order valence-corrected chi connectivity index (χ4v) is 2.00. The van der Waals surface area contributed by atoms with E-state index in [1.165, 1.54) is 0 Å². The van der Waals surface area contributed by atoms with Gasteiger partial charge in [-0.3, -0.25) is 9.59 Å². The molecular formula is C15H22N6O6. The van der Waals surface area contributed by atoms with Crippen LogP contribution < -0.4 is 27.1 Å². The molecule has 12 heteroatoms. The molecule has 0 radical (unpaired) electrons. The first kappa shape index (κ1) is 21.8. The summed E-state index contributed by atoms with van der Waals surface area (Å²) in [4.78, 5) is 38.6. The number of guanidine groups is 1. The van der Waals surface area contributed by atoms with Crippen LogP contribution in [0.4, 0.5) is 0 Å². The Kier molecular flexibility index (Phi) is 9.22. The maximum absolute atomic E-state index is 11.8. The number of nitrogens with zero attached hydrogens (tertiary/aromatic N) is 1. The van der Waals surface area contributed by atoms with Crippen molar-refractivity contribution >= 4 is 23.7 Å². The highest BCUT2D eigenvalue weighted by molar-refractivity contribution is 5.96. The Morgan fingerprint density at radius 2 is 1.93 bits per heavy atom. The summed E-state index contributed by atoms with van der Waals surface area (Å²) < 4.78 is 0. The van der Waals surface area contributed by atoms with Crippen LogP contribution in [0.25, 0.3) is 0 Å². The van der Waals surface area contributed by atoms with Crippen LogP contribution in [0.5, 0.6) is 0 Å². The monoisotopic (exact) mass is 382 g/mol. The number of nitrogens with one attached hydrogen (secondary N) is 4. The topological polar surface area (TPSA) is 194 Å². The Hall–Kier alpha value is -3.22. The van der Waals surface area contributed by atoms with E-state index >= 15 is 0 Å². The summed E-state index contributed by atoms with van der Waals surface area (Å²) in [6, 6.07) is 7.09. The highest BCUT2D eigenvalue weighted by Crippen LogP contribution is 1.99. The SMILES string of the molecule is NC(=NCCCC(NC(=O)CNC(=O)c1ccccc1)C(=O)O)N[NH+]([O-])O. The van der Waals surface area contributed by atoms with Gasteiger partial charge in [-0.25, -0.2) is 9.79 Å². The van der Waals surface area contributed by atoms with Gasteiger partial charge < -0.3 is 26.7 Å². The lowest BCUT2D eigenvalue weighted by Gasteiger charge is -2.15. The quantitative estimate of drug-likeness (QED) is 0.0987. The summed E-state index contributed by atoms with van der Waals surface area (Å²) in [5.74, 6) is -2.64. The standard InChI is InChI=1S/C15H22N6O6/c16-15(20-21(26)27)17-8-4-7-11(14(24)25)19-12(22)9-18-13(23)10-5-2-1-3-6-10/h1-3,5-6,11,21,26H,4,7-9H2,(H,18,23)(H,19,22)(H,24,25)(H3,16,17,20). The Bertz CT molecular complexity index is 666. The highest BCUT2D eigenvalue weighted by atomic mass is 16.8. The predicted octanol–water partition coefficient (Wildman–Crippen LogP) is -2.64. The lowest BCUT2D eigenvalue weighted by Crippen LogP contribution is -3.13. The van der Waals surface area contributed by atoms with Crippen LogP contribution in [0, 0.1) is 5.21 Å². The highest BCUT2D eigenvalue weighted by Gasteiger charge is 2.19. The number of aliphatic carboxylic acids is 1. The molecule has 0 aliphatic carbocycles. The van der Waals surface area contributed by atoms with Crippen LogP contribution in [0.1, 0.15) is 23.2 Å². The summed E-state index contributed by atoms with van der Waals surface area (Å²) in [6.45, 7) is -0.290. The number of carbonyl (C=O) groups excluding carboxylic acids is 2. The molecular weight excluding hydrogens is 360 g/mol. The van der Waals surface area contributed by atoms with Gasteiger partial charge in [0, 0.05) is 12.1 Å². The number of amides is 2. The zero-order valence-electron chi connectivity index (χ0n) is 14.3. The zero-order chi connectivity index (χ0) is 20.2. The third-order valence-corrected chi connectivity index (χ3v) is 3.25. The van der Waals surface area contributed by atoms with E-state index in [0.717, 1.165) is 0 Å². The van der Waals surface area contributed by atoms with Crippen molar-refractivity contribution in [2.45, 2.75) is 18.9 Å². The lowest BCUT2D eigenvalue weighted by molar-refractivity contribution is -1.08. The number of quaternary nitrogens is 1. The van der Waals surface area contributed by atoms with E-state index in [1.54, 1.807) is 30.3 Å². The first-order chi connectivity index (χ1) is 12.8. The third-order valence-electron chi connectivity index (χ3n) is 3.25. The minimum Gasteiger partial charge on any atom is -0.574 e. The molecule has 2 amide bonds. The molecule has 0 spiro atoms. The Morgan fingerprint density at radius 1 is 1.26 bits per heavy atom. The Labute approximate surface area is 154 Å².